The average molecular weight is 445 g/mol. The van der Waals surface area contributed by atoms with E-state index in [0.717, 1.165) is 31.6 Å². The summed E-state index contributed by atoms with van der Waals surface area (Å²) in [5.74, 6) is 0. The van der Waals surface area contributed by atoms with E-state index in [1.807, 2.05) is 18.3 Å². The van der Waals surface area contributed by atoms with E-state index in [0.29, 0.717) is 5.56 Å². The highest BCUT2D eigenvalue weighted by atomic mass is 15.2. The standard InChI is InChI=1S/C30H28N4/c1-22-4-2-5-23(16-22)12-13-26-6-3-7-27-20-34(15-14-28(26)27)30(29-19-32-21-33-29)17-24-8-10-25(18-31)11-9-24/h2-13,16,19,21,30H,14-15,17,20H2,1H3,(H,32,33). The number of aryl methyl sites for hydroxylation is 1. The minimum Gasteiger partial charge on any atom is -0.347 e. The average Bonchev–Trinajstić information content (AvgIpc) is 3.41. The lowest BCUT2D eigenvalue weighted by Gasteiger charge is -2.36. The Hall–Kier alpha value is -3.94. The Balaban J connectivity index is 1.38. The number of nitriles is 1. The summed E-state index contributed by atoms with van der Waals surface area (Å²) >= 11 is 0. The Labute approximate surface area is 201 Å². The van der Waals surface area contributed by atoms with Gasteiger partial charge in [0.15, 0.2) is 0 Å². The molecule has 5 rings (SSSR count). The molecule has 1 atom stereocenters. The number of nitrogens with zero attached hydrogens (tertiary/aromatic N) is 3. The van der Waals surface area contributed by atoms with Gasteiger partial charge in [0.2, 0.25) is 0 Å². The van der Waals surface area contributed by atoms with Gasteiger partial charge >= 0.3 is 0 Å². The molecule has 0 amide bonds. The molecule has 4 nitrogen and oxygen atoms in total. The fourth-order valence-corrected chi connectivity index (χ4v) is 4.87. The molecule has 0 bridgehead atoms. The number of hydrogen-bond donors (Lipinski definition) is 1. The van der Waals surface area contributed by atoms with Crippen molar-refractivity contribution in [3.05, 3.63) is 124 Å². The Kier molecular flexibility index (Phi) is 6.38. The van der Waals surface area contributed by atoms with Gasteiger partial charge in [-0.2, -0.15) is 5.26 Å². The molecule has 1 aromatic heterocycles. The molecule has 168 valence electrons. The summed E-state index contributed by atoms with van der Waals surface area (Å²) in [4.78, 5) is 10.2. The van der Waals surface area contributed by atoms with Crippen molar-refractivity contribution in [1.29, 1.82) is 5.26 Å². The molecule has 1 aliphatic rings. The minimum atomic E-state index is 0.204. The predicted octanol–water partition coefficient (Wildman–Crippen LogP) is 6.10. The first kappa shape index (κ1) is 21.9. The van der Waals surface area contributed by atoms with Crippen molar-refractivity contribution in [2.75, 3.05) is 6.54 Å². The normalized spacial score (nSPS) is 14.6. The highest BCUT2D eigenvalue weighted by Crippen LogP contribution is 2.31. The maximum atomic E-state index is 9.12. The zero-order valence-electron chi connectivity index (χ0n) is 19.4. The van der Waals surface area contributed by atoms with Crippen LogP contribution in [0.25, 0.3) is 12.2 Å². The van der Waals surface area contributed by atoms with Crippen LogP contribution in [0.1, 0.15) is 50.7 Å². The summed E-state index contributed by atoms with van der Waals surface area (Å²) < 4.78 is 0. The number of aromatic nitrogens is 2. The molecular formula is C30H28N4. The van der Waals surface area contributed by atoms with Crippen molar-refractivity contribution in [3.63, 3.8) is 0 Å². The lowest BCUT2D eigenvalue weighted by Crippen LogP contribution is -2.35. The lowest BCUT2D eigenvalue weighted by atomic mass is 9.91. The maximum absolute atomic E-state index is 9.12. The van der Waals surface area contributed by atoms with Crippen LogP contribution in [0.3, 0.4) is 0 Å². The molecule has 1 aliphatic heterocycles. The van der Waals surface area contributed by atoms with Crippen molar-refractivity contribution in [3.8, 4) is 6.07 Å². The van der Waals surface area contributed by atoms with Gasteiger partial charge in [-0.3, -0.25) is 4.90 Å². The first-order valence-corrected chi connectivity index (χ1v) is 11.8. The van der Waals surface area contributed by atoms with Crippen LogP contribution in [0.4, 0.5) is 0 Å². The van der Waals surface area contributed by atoms with Crippen LogP contribution in [0.5, 0.6) is 0 Å². The largest absolute Gasteiger partial charge is 0.347 e. The van der Waals surface area contributed by atoms with E-state index >= 15 is 0 Å². The topological polar surface area (TPSA) is 55.7 Å². The van der Waals surface area contributed by atoms with Gasteiger partial charge in [0, 0.05) is 19.3 Å². The SMILES string of the molecule is Cc1cccc(C=Cc2cccc3c2CCN(C(Cc2ccc(C#N)cc2)c2cnc[nH]2)C3)c1. The minimum absolute atomic E-state index is 0.204. The molecule has 4 heteroatoms. The van der Waals surface area contributed by atoms with Gasteiger partial charge in [-0.25, -0.2) is 4.98 Å². The molecule has 2 heterocycles. The summed E-state index contributed by atoms with van der Waals surface area (Å²) in [5.41, 5.74) is 9.70. The van der Waals surface area contributed by atoms with Crippen molar-refractivity contribution >= 4 is 12.2 Å². The molecular weight excluding hydrogens is 416 g/mol. The van der Waals surface area contributed by atoms with E-state index in [1.54, 1.807) is 6.33 Å². The van der Waals surface area contributed by atoms with Crippen molar-refractivity contribution in [2.45, 2.75) is 32.4 Å². The van der Waals surface area contributed by atoms with Crippen LogP contribution in [0.15, 0.2) is 79.3 Å². The number of imidazole rings is 1. The molecule has 0 saturated heterocycles. The first-order chi connectivity index (χ1) is 16.7. The number of hydrogen-bond acceptors (Lipinski definition) is 3. The fourth-order valence-electron chi connectivity index (χ4n) is 4.87. The molecule has 0 radical (unpaired) electrons. The second-order valence-corrected chi connectivity index (χ2v) is 8.99. The van der Waals surface area contributed by atoms with Crippen molar-refractivity contribution in [1.82, 2.24) is 14.9 Å². The van der Waals surface area contributed by atoms with Gasteiger partial charge in [-0.05, 0) is 59.7 Å². The Bertz CT molecular complexity index is 1330. The van der Waals surface area contributed by atoms with Crippen LogP contribution in [0.2, 0.25) is 0 Å². The molecule has 0 fully saturated rings. The monoisotopic (exact) mass is 444 g/mol. The maximum Gasteiger partial charge on any atom is 0.0991 e. The van der Waals surface area contributed by atoms with E-state index in [4.69, 9.17) is 5.26 Å². The van der Waals surface area contributed by atoms with Crippen molar-refractivity contribution < 1.29 is 0 Å². The summed E-state index contributed by atoms with van der Waals surface area (Å²) in [5, 5.41) is 9.12. The van der Waals surface area contributed by atoms with E-state index in [1.165, 1.54) is 33.4 Å². The lowest BCUT2D eigenvalue weighted by molar-refractivity contribution is 0.174. The highest BCUT2D eigenvalue weighted by Gasteiger charge is 2.26. The predicted molar refractivity (Wildman–Crippen MR) is 137 cm³/mol. The number of fused-ring (bicyclic) bond motifs is 1. The molecule has 34 heavy (non-hydrogen) atoms. The molecule has 0 aliphatic carbocycles. The quantitative estimate of drug-likeness (QED) is 0.366. The van der Waals surface area contributed by atoms with Crippen LogP contribution < -0.4 is 0 Å². The molecule has 0 spiro atoms. The number of rotatable bonds is 6. The fraction of sp³-hybridized carbons (Fsp3) is 0.200. The molecule has 4 aromatic rings. The van der Waals surface area contributed by atoms with Crippen LogP contribution in [-0.4, -0.2) is 21.4 Å². The zero-order chi connectivity index (χ0) is 23.3. The van der Waals surface area contributed by atoms with Crippen LogP contribution >= 0.6 is 0 Å². The Morgan fingerprint density at radius 1 is 1.09 bits per heavy atom. The third-order valence-corrected chi connectivity index (χ3v) is 6.66. The molecule has 3 aromatic carbocycles. The van der Waals surface area contributed by atoms with Gasteiger partial charge < -0.3 is 4.98 Å². The molecule has 1 unspecified atom stereocenters. The second kappa shape index (κ2) is 9.91. The van der Waals surface area contributed by atoms with Gasteiger partial charge in [-0.1, -0.05) is 72.3 Å². The first-order valence-electron chi connectivity index (χ1n) is 11.8. The van der Waals surface area contributed by atoms with E-state index in [-0.39, 0.29) is 6.04 Å². The van der Waals surface area contributed by atoms with Gasteiger partial charge in [0.25, 0.3) is 0 Å². The van der Waals surface area contributed by atoms with Gasteiger partial charge in [0.05, 0.1) is 29.7 Å². The number of H-pyrrole nitrogens is 1. The van der Waals surface area contributed by atoms with Crippen molar-refractivity contribution in [2.24, 2.45) is 0 Å². The third kappa shape index (κ3) is 4.85. The van der Waals surface area contributed by atoms with E-state index in [2.05, 4.69) is 94.6 Å². The second-order valence-electron chi connectivity index (χ2n) is 8.99. The van der Waals surface area contributed by atoms with Gasteiger partial charge in [0.1, 0.15) is 0 Å². The Morgan fingerprint density at radius 2 is 1.94 bits per heavy atom. The summed E-state index contributed by atoms with van der Waals surface area (Å²) in [6.45, 7) is 4.02. The van der Waals surface area contributed by atoms with Crippen LogP contribution in [-0.2, 0) is 19.4 Å². The summed E-state index contributed by atoms with van der Waals surface area (Å²) in [6, 6.07) is 25.6. The highest BCUT2D eigenvalue weighted by molar-refractivity contribution is 5.72. The molecule has 1 N–H and O–H groups in total. The number of nitrogens with one attached hydrogen (secondary N) is 1. The zero-order valence-corrected chi connectivity index (χ0v) is 19.4. The molecule has 0 saturated carbocycles. The summed E-state index contributed by atoms with van der Waals surface area (Å²) in [6.07, 6.45) is 10.1. The van der Waals surface area contributed by atoms with Crippen LogP contribution in [0, 0.1) is 18.3 Å². The third-order valence-electron chi connectivity index (χ3n) is 6.66. The van der Waals surface area contributed by atoms with E-state index < -0.39 is 0 Å². The number of benzene rings is 3. The smallest absolute Gasteiger partial charge is 0.0991 e. The van der Waals surface area contributed by atoms with Gasteiger partial charge in [-0.15, -0.1) is 0 Å². The summed E-state index contributed by atoms with van der Waals surface area (Å²) in [7, 11) is 0. The Morgan fingerprint density at radius 3 is 2.71 bits per heavy atom. The van der Waals surface area contributed by atoms with E-state index in [9.17, 15) is 0 Å². The number of aromatic amines is 1.